The van der Waals surface area contributed by atoms with Gasteiger partial charge in [0.1, 0.15) is 5.82 Å². The van der Waals surface area contributed by atoms with Crippen LogP contribution in [0, 0.1) is 0 Å². The average Bonchev–Trinajstić information content (AvgIpc) is 3.33. The van der Waals surface area contributed by atoms with Gasteiger partial charge in [-0.05, 0) is 43.2 Å². The first-order chi connectivity index (χ1) is 11.3. The summed E-state index contributed by atoms with van der Waals surface area (Å²) >= 11 is 6.02. The summed E-state index contributed by atoms with van der Waals surface area (Å²) in [5, 5.41) is 5.70. The van der Waals surface area contributed by atoms with Gasteiger partial charge in [-0.1, -0.05) is 17.7 Å². The summed E-state index contributed by atoms with van der Waals surface area (Å²) in [6.07, 6.45) is -2.35. The van der Waals surface area contributed by atoms with E-state index in [1.807, 2.05) is 0 Å². The second kappa shape index (κ2) is 6.32. The molecule has 4 nitrogen and oxygen atoms in total. The van der Waals surface area contributed by atoms with Crippen LogP contribution < -0.4 is 10.6 Å². The lowest BCUT2D eigenvalue weighted by Gasteiger charge is -2.11. The van der Waals surface area contributed by atoms with Gasteiger partial charge in [0.25, 0.3) is 5.91 Å². The lowest BCUT2D eigenvalue weighted by atomic mass is 10.1. The van der Waals surface area contributed by atoms with Gasteiger partial charge in [0.2, 0.25) is 0 Å². The van der Waals surface area contributed by atoms with Gasteiger partial charge >= 0.3 is 6.18 Å². The Bertz CT molecular complexity index is 775. The van der Waals surface area contributed by atoms with Crippen molar-refractivity contribution >= 4 is 29.0 Å². The Morgan fingerprint density at radius 2 is 1.96 bits per heavy atom. The highest BCUT2D eigenvalue weighted by Crippen LogP contribution is 2.30. The van der Waals surface area contributed by atoms with E-state index in [1.54, 1.807) is 12.1 Å². The van der Waals surface area contributed by atoms with Crippen LogP contribution in [0.3, 0.4) is 0 Å². The molecule has 3 rings (SSSR count). The molecule has 2 N–H and O–H groups in total. The standard InChI is InChI=1S/C16H13ClF3N3O/c17-14-12(6-7-13(23-14)21-11-4-5-11)22-15(24)9-2-1-3-10(8-9)16(18,19)20/h1-3,6-8,11H,4-5H2,(H,21,23)(H,22,24). The van der Waals surface area contributed by atoms with E-state index in [4.69, 9.17) is 11.6 Å². The molecular formula is C16H13ClF3N3O. The van der Waals surface area contributed by atoms with Crippen LogP contribution in [-0.4, -0.2) is 16.9 Å². The fourth-order valence-corrected chi connectivity index (χ4v) is 2.28. The Morgan fingerprint density at radius 3 is 2.58 bits per heavy atom. The number of anilines is 2. The van der Waals surface area contributed by atoms with Crippen LogP contribution in [0.25, 0.3) is 0 Å². The first-order valence-electron chi connectivity index (χ1n) is 7.24. The molecule has 0 saturated heterocycles. The van der Waals surface area contributed by atoms with Crippen molar-refractivity contribution in [3.05, 3.63) is 52.7 Å². The highest BCUT2D eigenvalue weighted by atomic mass is 35.5. The number of carbonyl (C=O) groups is 1. The number of alkyl halides is 3. The molecule has 8 heteroatoms. The summed E-state index contributed by atoms with van der Waals surface area (Å²) in [5.41, 5.74) is -0.759. The van der Waals surface area contributed by atoms with Crippen molar-refractivity contribution in [3.63, 3.8) is 0 Å². The van der Waals surface area contributed by atoms with E-state index in [2.05, 4.69) is 15.6 Å². The number of hydrogen-bond donors (Lipinski definition) is 2. The maximum Gasteiger partial charge on any atom is 0.416 e. The van der Waals surface area contributed by atoms with Crippen LogP contribution in [0.15, 0.2) is 36.4 Å². The Balaban J connectivity index is 1.74. The Labute approximate surface area is 141 Å². The molecule has 1 aliphatic carbocycles. The summed E-state index contributed by atoms with van der Waals surface area (Å²) in [5.74, 6) is -0.0905. The minimum Gasteiger partial charge on any atom is -0.367 e. The molecule has 1 fully saturated rings. The third-order valence-electron chi connectivity index (χ3n) is 3.48. The van der Waals surface area contributed by atoms with Crippen LogP contribution in [0.4, 0.5) is 24.7 Å². The Hall–Kier alpha value is -2.28. The van der Waals surface area contributed by atoms with Crippen LogP contribution in [0.1, 0.15) is 28.8 Å². The lowest BCUT2D eigenvalue weighted by molar-refractivity contribution is -0.137. The highest BCUT2D eigenvalue weighted by molar-refractivity contribution is 6.32. The summed E-state index contributed by atoms with van der Waals surface area (Å²) < 4.78 is 38.1. The molecule has 24 heavy (non-hydrogen) atoms. The van der Waals surface area contributed by atoms with E-state index in [0.717, 1.165) is 25.0 Å². The first-order valence-corrected chi connectivity index (χ1v) is 7.62. The zero-order valence-corrected chi connectivity index (χ0v) is 13.1. The van der Waals surface area contributed by atoms with Crippen molar-refractivity contribution in [1.82, 2.24) is 4.98 Å². The predicted molar refractivity (Wildman–Crippen MR) is 85.3 cm³/mol. The van der Waals surface area contributed by atoms with Crippen molar-refractivity contribution in [1.29, 1.82) is 0 Å². The zero-order valence-electron chi connectivity index (χ0n) is 12.3. The molecule has 0 bridgehead atoms. The van der Waals surface area contributed by atoms with Gasteiger partial charge in [0, 0.05) is 11.6 Å². The van der Waals surface area contributed by atoms with Crippen molar-refractivity contribution in [3.8, 4) is 0 Å². The highest BCUT2D eigenvalue weighted by Gasteiger charge is 2.31. The molecule has 1 amide bonds. The molecular weight excluding hydrogens is 343 g/mol. The normalized spacial score (nSPS) is 14.3. The van der Waals surface area contributed by atoms with Crippen molar-refractivity contribution in [2.75, 3.05) is 10.6 Å². The van der Waals surface area contributed by atoms with E-state index in [9.17, 15) is 18.0 Å². The average molecular weight is 356 g/mol. The molecule has 1 heterocycles. The van der Waals surface area contributed by atoms with Gasteiger partial charge in [-0.15, -0.1) is 0 Å². The predicted octanol–water partition coefficient (Wildman–Crippen LogP) is 4.58. The number of nitrogens with zero attached hydrogens (tertiary/aromatic N) is 1. The number of nitrogens with one attached hydrogen (secondary N) is 2. The van der Waals surface area contributed by atoms with Gasteiger partial charge in [-0.25, -0.2) is 4.98 Å². The van der Waals surface area contributed by atoms with Gasteiger partial charge in [0.15, 0.2) is 5.15 Å². The number of aromatic nitrogens is 1. The number of hydrogen-bond acceptors (Lipinski definition) is 3. The Kier molecular flexibility index (Phi) is 4.36. The smallest absolute Gasteiger partial charge is 0.367 e. The summed E-state index contributed by atoms with van der Waals surface area (Å²) in [4.78, 5) is 16.3. The first kappa shape index (κ1) is 16.6. The molecule has 1 aromatic heterocycles. The molecule has 1 saturated carbocycles. The maximum atomic E-state index is 12.7. The fraction of sp³-hybridized carbons (Fsp3) is 0.250. The number of amides is 1. The summed E-state index contributed by atoms with van der Waals surface area (Å²) in [6, 6.07) is 7.80. The molecule has 0 unspecified atom stereocenters. The molecule has 0 spiro atoms. The SMILES string of the molecule is O=C(Nc1ccc(NC2CC2)nc1Cl)c1cccc(C(F)(F)F)c1. The number of carbonyl (C=O) groups excluding carboxylic acids is 1. The third-order valence-corrected chi connectivity index (χ3v) is 3.77. The van der Waals surface area contributed by atoms with E-state index in [1.165, 1.54) is 12.1 Å². The molecule has 0 radical (unpaired) electrons. The fourth-order valence-electron chi connectivity index (χ4n) is 2.08. The van der Waals surface area contributed by atoms with E-state index >= 15 is 0 Å². The second-order valence-electron chi connectivity index (χ2n) is 5.49. The van der Waals surface area contributed by atoms with Crippen molar-refractivity contribution < 1.29 is 18.0 Å². The third kappa shape index (κ3) is 3.97. The minimum absolute atomic E-state index is 0.0703. The van der Waals surface area contributed by atoms with Crippen LogP contribution in [0.5, 0.6) is 0 Å². The van der Waals surface area contributed by atoms with Gasteiger partial charge in [0.05, 0.1) is 11.3 Å². The summed E-state index contributed by atoms with van der Waals surface area (Å²) in [6.45, 7) is 0. The maximum absolute atomic E-state index is 12.7. The van der Waals surface area contributed by atoms with Gasteiger partial charge < -0.3 is 10.6 Å². The van der Waals surface area contributed by atoms with Crippen molar-refractivity contribution in [2.45, 2.75) is 25.1 Å². The zero-order chi connectivity index (χ0) is 17.3. The van der Waals surface area contributed by atoms with Crippen molar-refractivity contribution in [2.24, 2.45) is 0 Å². The topological polar surface area (TPSA) is 54.0 Å². The number of rotatable bonds is 4. The molecule has 1 aromatic carbocycles. The van der Waals surface area contributed by atoms with Crippen LogP contribution >= 0.6 is 11.6 Å². The van der Waals surface area contributed by atoms with E-state index in [0.29, 0.717) is 11.9 Å². The van der Waals surface area contributed by atoms with E-state index < -0.39 is 17.6 Å². The summed E-state index contributed by atoms with van der Waals surface area (Å²) in [7, 11) is 0. The molecule has 0 aliphatic heterocycles. The number of benzene rings is 1. The monoisotopic (exact) mass is 355 g/mol. The van der Waals surface area contributed by atoms with Gasteiger partial charge in [-0.3, -0.25) is 4.79 Å². The molecule has 0 atom stereocenters. The molecule has 1 aliphatic rings. The number of pyridine rings is 1. The van der Waals surface area contributed by atoms with Gasteiger partial charge in [-0.2, -0.15) is 13.2 Å². The Morgan fingerprint density at radius 1 is 1.21 bits per heavy atom. The van der Waals surface area contributed by atoms with Crippen LogP contribution in [-0.2, 0) is 6.18 Å². The van der Waals surface area contributed by atoms with Crippen LogP contribution in [0.2, 0.25) is 5.15 Å². The quantitative estimate of drug-likeness (QED) is 0.789. The lowest BCUT2D eigenvalue weighted by Crippen LogP contribution is -2.14. The molecule has 2 aromatic rings. The number of halogens is 4. The van der Waals surface area contributed by atoms with E-state index in [-0.39, 0.29) is 16.4 Å². The minimum atomic E-state index is -4.51. The largest absolute Gasteiger partial charge is 0.416 e. The second-order valence-corrected chi connectivity index (χ2v) is 5.84. The molecule has 126 valence electrons.